The molecule has 1 aromatic carbocycles. The summed E-state index contributed by atoms with van der Waals surface area (Å²) >= 11 is 6.13. The normalized spacial score (nSPS) is 23.4. The van der Waals surface area contributed by atoms with Crippen LogP contribution in [0.15, 0.2) is 18.2 Å². The fourth-order valence-electron chi connectivity index (χ4n) is 3.28. The van der Waals surface area contributed by atoms with Crippen molar-refractivity contribution in [2.45, 2.75) is 45.7 Å². The molecule has 1 N–H and O–H groups in total. The molecule has 0 bridgehead atoms. The number of aromatic nitrogens is 2. The second-order valence-electron chi connectivity index (χ2n) is 5.65. The van der Waals surface area contributed by atoms with Gasteiger partial charge in [-0.05, 0) is 50.4 Å². The first-order valence-corrected chi connectivity index (χ1v) is 7.99. The van der Waals surface area contributed by atoms with Crippen molar-refractivity contribution in [3.8, 4) is 0 Å². The molecule has 4 heteroatoms. The fourth-order valence-corrected chi connectivity index (χ4v) is 3.44. The van der Waals surface area contributed by atoms with Gasteiger partial charge in [0.1, 0.15) is 5.82 Å². The Hall–Kier alpha value is -1.06. The minimum absolute atomic E-state index is 0.375. The van der Waals surface area contributed by atoms with E-state index in [0.717, 1.165) is 35.1 Å². The molecule has 2 aromatic rings. The summed E-state index contributed by atoms with van der Waals surface area (Å²) in [6, 6.07) is 6.34. The summed E-state index contributed by atoms with van der Waals surface area (Å²) in [7, 11) is 0. The van der Waals surface area contributed by atoms with Crippen LogP contribution in [-0.2, 0) is 6.54 Å². The summed E-state index contributed by atoms with van der Waals surface area (Å²) in [5, 5.41) is 4.41. The number of nitrogens with one attached hydrogen (secondary N) is 1. The molecule has 1 aromatic heterocycles. The molecule has 2 heterocycles. The Morgan fingerprint density at radius 1 is 1.40 bits per heavy atom. The van der Waals surface area contributed by atoms with Crippen LogP contribution in [0.1, 0.15) is 45.0 Å². The van der Waals surface area contributed by atoms with Gasteiger partial charge >= 0.3 is 0 Å². The molecule has 2 unspecified atom stereocenters. The van der Waals surface area contributed by atoms with Gasteiger partial charge in [0.15, 0.2) is 0 Å². The van der Waals surface area contributed by atoms with E-state index in [9.17, 15) is 0 Å². The zero-order chi connectivity index (χ0) is 14.1. The van der Waals surface area contributed by atoms with Gasteiger partial charge in [0.05, 0.1) is 17.1 Å². The summed E-state index contributed by atoms with van der Waals surface area (Å²) < 4.78 is 2.30. The van der Waals surface area contributed by atoms with E-state index in [4.69, 9.17) is 16.6 Å². The molecule has 3 nitrogen and oxygen atoms in total. The Labute approximate surface area is 125 Å². The Morgan fingerprint density at radius 3 is 3.00 bits per heavy atom. The average molecular weight is 292 g/mol. The van der Waals surface area contributed by atoms with Crippen LogP contribution >= 0.6 is 11.6 Å². The van der Waals surface area contributed by atoms with Crippen molar-refractivity contribution in [2.24, 2.45) is 5.92 Å². The number of piperidine rings is 1. The Bertz CT molecular complexity index is 605. The highest BCUT2D eigenvalue weighted by atomic mass is 35.5. The number of imidazole rings is 1. The maximum Gasteiger partial charge on any atom is 0.127 e. The van der Waals surface area contributed by atoms with Gasteiger partial charge in [-0.3, -0.25) is 0 Å². The van der Waals surface area contributed by atoms with Gasteiger partial charge in [0, 0.05) is 11.6 Å². The van der Waals surface area contributed by atoms with Gasteiger partial charge in [-0.2, -0.15) is 0 Å². The van der Waals surface area contributed by atoms with E-state index in [1.54, 1.807) is 0 Å². The lowest BCUT2D eigenvalue weighted by Gasteiger charge is -2.29. The summed E-state index contributed by atoms with van der Waals surface area (Å²) in [6.07, 6.45) is 3.73. The van der Waals surface area contributed by atoms with Gasteiger partial charge < -0.3 is 9.88 Å². The number of fused-ring (bicyclic) bond motifs is 1. The molecule has 0 spiro atoms. The Kier molecular flexibility index (Phi) is 3.99. The van der Waals surface area contributed by atoms with Gasteiger partial charge in [-0.25, -0.2) is 4.98 Å². The number of nitrogens with zero attached hydrogens (tertiary/aromatic N) is 2. The highest BCUT2D eigenvalue weighted by molar-refractivity contribution is 6.31. The third kappa shape index (κ3) is 2.45. The van der Waals surface area contributed by atoms with E-state index in [1.165, 1.54) is 25.1 Å². The number of rotatable bonds is 3. The van der Waals surface area contributed by atoms with E-state index in [0.29, 0.717) is 6.04 Å². The molecule has 3 rings (SSSR count). The van der Waals surface area contributed by atoms with E-state index >= 15 is 0 Å². The summed E-state index contributed by atoms with van der Waals surface area (Å²) in [6.45, 7) is 6.49. The second-order valence-corrected chi connectivity index (χ2v) is 6.09. The van der Waals surface area contributed by atoms with Crippen molar-refractivity contribution in [1.29, 1.82) is 0 Å². The number of benzene rings is 1. The van der Waals surface area contributed by atoms with Crippen LogP contribution in [0, 0.1) is 5.92 Å². The van der Waals surface area contributed by atoms with Crippen LogP contribution in [0.3, 0.4) is 0 Å². The Balaban J connectivity index is 2.02. The quantitative estimate of drug-likeness (QED) is 0.920. The summed E-state index contributed by atoms with van der Waals surface area (Å²) in [4.78, 5) is 4.86. The maximum absolute atomic E-state index is 6.13. The SMILES string of the molecule is CCC1CCNC(c2nc3ccc(Cl)cc3n2CC)C1. The number of halogens is 1. The topological polar surface area (TPSA) is 29.9 Å². The van der Waals surface area contributed by atoms with E-state index in [-0.39, 0.29) is 0 Å². The van der Waals surface area contributed by atoms with E-state index in [2.05, 4.69) is 23.7 Å². The van der Waals surface area contributed by atoms with Gasteiger partial charge in [0.2, 0.25) is 0 Å². The zero-order valence-corrected chi connectivity index (χ0v) is 13.0. The molecule has 20 heavy (non-hydrogen) atoms. The van der Waals surface area contributed by atoms with Crippen LogP contribution in [0.5, 0.6) is 0 Å². The van der Waals surface area contributed by atoms with Crippen molar-refractivity contribution < 1.29 is 0 Å². The molecule has 0 radical (unpaired) electrons. The van der Waals surface area contributed by atoms with Crippen molar-refractivity contribution in [3.63, 3.8) is 0 Å². The third-order valence-electron chi connectivity index (χ3n) is 4.46. The van der Waals surface area contributed by atoms with Crippen molar-refractivity contribution in [1.82, 2.24) is 14.9 Å². The van der Waals surface area contributed by atoms with Crippen LogP contribution in [0.2, 0.25) is 5.02 Å². The van der Waals surface area contributed by atoms with Crippen LogP contribution < -0.4 is 5.32 Å². The second kappa shape index (κ2) is 5.74. The van der Waals surface area contributed by atoms with Crippen LogP contribution in [-0.4, -0.2) is 16.1 Å². The molecule has 1 aliphatic rings. The van der Waals surface area contributed by atoms with E-state index < -0.39 is 0 Å². The highest BCUT2D eigenvalue weighted by Crippen LogP contribution is 2.31. The zero-order valence-electron chi connectivity index (χ0n) is 12.2. The molecule has 1 saturated heterocycles. The maximum atomic E-state index is 6.13. The van der Waals surface area contributed by atoms with Gasteiger partial charge in [-0.1, -0.05) is 24.9 Å². The monoisotopic (exact) mass is 291 g/mol. The first kappa shape index (κ1) is 13.9. The minimum Gasteiger partial charge on any atom is -0.327 e. The predicted octanol–water partition coefficient (Wildman–Crippen LogP) is 4.16. The molecule has 0 saturated carbocycles. The molecule has 1 aliphatic heterocycles. The van der Waals surface area contributed by atoms with Crippen molar-refractivity contribution >= 4 is 22.6 Å². The molecular weight excluding hydrogens is 270 g/mol. The summed E-state index contributed by atoms with van der Waals surface area (Å²) in [5.41, 5.74) is 2.20. The predicted molar refractivity (Wildman–Crippen MR) is 84.2 cm³/mol. The van der Waals surface area contributed by atoms with Crippen LogP contribution in [0.4, 0.5) is 0 Å². The first-order valence-electron chi connectivity index (χ1n) is 7.62. The average Bonchev–Trinajstić information content (AvgIpc) is 2.85. The summed E-state index contributed by atoms with van der Waals surface area (Å²) in [5.74, 6) is 1.98. The van der Waals surface area contributed by atoms with E-state index in [1.807, 2.05) is 18.2 Å². The fraction of sp³-hybridized carbons (Fsp3) is 0.562. The number of aryl methyl sites for hydroxylation is 1. The molecular formula is C16H22ClN3. The number of hydrogen-bond acceptors (Lipinski definition) is 2. The minimum atomic E-state index is 0.375. The standard InChI is InChI=1S/C16H22ClN3/c1-3-11-7-8-18-14(9-11)16-19-13-6-5-12(17)10-15(13)20(16)4-2/h5-6,10-11,14,18H,3-4,7-9H2,1-2H3. The van der Waals surface area contributed by atoms with Crippen LogP contribution in [0.25, 0.3) is 11.0 Å². The largest absolute Gasteiger partial charge is 0.327 e. The molecule has 108 valence electrons. The lowest BCUT2D eigenvalue weighted by Crippen LogP contribution is -2.33. The van der Waals surface area contributed by atoms with Crippen molar-refractivity contribution in [2.75, 3.05) is 6.54 Å². The highest BCUT2D eigenvalue weighted by Gasteiger charge is 2.25. The smallest absolute Gasteiger partial charge is 0.127 e. The number of hydrogen-bond donors (Lipinski definition) is 1. The lowest BCUT2D eigenvalue weighted by molar-refractivity contribution is 0.287. The molecule has 1 fully saturated rings. The molecule has 0 aliphatic carbocycles. The van der Waals surface area contributed by atoms with Gasteiger partial charge in [0.25, 0.3) is 0 Å². The lowest BCUT2D eigenvalue weighted by atomic mass is 9.90. The third-order valence-corrected chi connectivity index (χ3v) is 4.69. The van der Waals surface area contributed by atoms with Crippen molar-refractivity contribution in [3.05, 3.63) is 29.0 Å². The first-order chi connectivity index (χ1) is 9.72. The van der Waals surface area contributed by atoms with Gasteiger partial charge in [-0.15, -0.1) is 0 Å². The Morgan fingerprint density at radius 2 is 2.25 bits per heavy atom. The molecule has 2 atom stereocenters. The molecule has 0 amide bonds.